The van der Waals surface area contributed by atoms with Gasteiger partial charge >= 0.3 is 0 Å². The molecule has 0 radical (unpaired) electrons. The number of aromatic nitrogens is 2. The van der Waals surface area contributed by atoms with Crippen LogP contribution < -0.4 is 5.32 Å². The molecule has 116 valence electrons. The normalized spacial score (nSPS) is 10.5. The van der Waals surface area contributed by atoms with Gasteiger partial charge in [0.1, 0.15) is 5.82 Å². The summed E-state index contributed by atoms with van der Waals surface area (Å²) >= 11 is 3.20. The van der Waals surface area contributed by atoms with E-state index in [9.17, 15) is 9.18 Å². The maximum absolute atomic E-state index is 13.1. The lowest BCUT2D eigenvalue weighted by atomic mass is 10.1. The van der Waals surface area contributed by atoms with Crippen molar-refractivity contribution < 1.29 is 9.18 Å². The number of carbonyl (C=O) groups excluding carboxylic acids is 1. The quantitative estimate of drug-likeness (QED) is 0.748. The molecule has 0 unspecified atom stereocenters. The van der Waals surface area contributed by atoms with Crippen molar-refractivity contribution in [1.82, 2.24) is 9.78 Å². The summed E-state index contributed by atoms with van der Waals surface area (Å²) in [6, 6.07) is 13.4. The molecule has 0 fully saturated rings. The van der Waals surface area contributed by atoms with E-state index in [1.165, 1.54) is 18.2 Å². The highest BCUT2D eigenvalue weighted by Crippen LogP contribution is 2.20. The number of hydrogen-bond acceptors (Lipinski definition) is 2. The molecule has 0 aliphatic rings. The van der Waals surface area contributed by atoms with Gasteiger partial charge in [-0.3, -0.25) is 9.48 Å². The van der Waals surface area contributed by atoms with Crippen molar-refractivity contribution in [1.29, 1.82) is 0 Å². The van der Waals surface area contributed by atoms with Crippen LogP contribution in [0, 0.1) is 5.82 Å². The Morgan fingerprint density at radius 1 is 1.22 bits per heavy atom. The van der Waals surface area contributed by atoms with E-state index in [1.807, 2.05) is 36.5 Å². The van der Waals surface area contributed by atoms with Crippen LogP contribution in [0.15, 0.2) is 65.4 Å². The van der Waals surface area contributed by atoms with Crippen LogP contribution in [0.3, 0.4) is 0 Å². The van der Waals surface area contributed by atoms with Crippen LogP contribution in [0.2, 0.25) is 0 Å². The van der Waals surface area contributed by atoms with Gasteiger partial charge in [0.2, 0.25) is 0 Å². The van der Waals surface area contributed by atoms with E-state index in [4.69, 9.17) is 0 Å². The lowest BCUT2D eigenvalue weighted by molar-refractivity contribution is 0.102. The second-order valence-electron chi connectivity index (χ2n) is 4.98. The van der Waals surface area contributed by atoms with Gasteiger partial charge in [0.25, 0.3) is 5.91 Å². The van der Waals surface area contributed by atoms with Gasteiger partial charge in [-0.25, -0.2) is 4.39 Å². The minimum absolute atomic E-state index is 0.298. The van der Waals surface area contributed by atoms with Crippen molar-refractivity contribution >= 4 is 27.5 Å². The van der Waals surface area contributed by atoms with Crippen LogP contribution in [0.1, 0.15) is 15.9 Å². The highest BCUT2D eigenvalue weighted by Gasteiger charge is 2.11. The molecule has 0 aliphatic carbocycles. The number of halogens is 2. The third-order valence-electron chi connectivity index (χ3n) is 3.26. The number of nitrogens with one attached hydrogen (secondary N) is 1. The molecule has 1 heterocycles. The van der Waals surface area contributed by atoms with Gasteiger partial charge in [0.15, 0.2) is 0 Å². The number of nitrogens with zero attached hydrogens (tertiary/aromatic N) is 2. The summed E-state index contributed by atoms with van der Waals surface area (Å²) in [5.41, 5.74) is 2.07. The first-order valence-electron chi connectivity index (χ1n) is 6.94. The summed E-state index contributed by atoms with van der Waals surface area (Å²) in [4.78, 5) is 12.3. The maximum Gasteiger partial charge on any atom is 0.256 e. The average molecular weight is 374 g/mol. The molecule has 1 N–H and O–H groups in total. The van der Waals surface area contributed by atoms with E-state index in [-0.39, 0.29) is 5.91 Å². The fraction of sp³-hybridized carbons (Fsp3) is 0.0588. The van der Waals surface area contributed by atoms with Crippen LogP contribution in [0.25, 0.3) is 0 Å². The molecule has 3 rings (SSSR count). The summed E-state index contributed by atoms with van der Waals surface area (Å²) in [5.74, 6) is -0.692. The predicted octanol–water partition coefficient (Wildman–Crippen LogP) is 4.09. The number of anilines is 1. The molecule has 0 spiro atoms. The Kier molecular flexibility index (Phi) is 4.52. The highest BCUT2D eigenvalue weighted by molar-refractivity contribution is 9.10. The van der Waals surface area contributed by atoms with E-state index in [2.05, 4.69) is 26.3 Å². The summed E-state index contributed by atoms with van der Waals surface area (Å²) in [7, 11) is 0. The van der Waals surface area contributed by atoms with Crippen LogP contribution in [0.5, 0.6) is 0 Å². The van der Waals surface area contributed by atoms with Gasteiger partial charge < -0.3 is 5.32 Å². The molecule has 0 saturated heterocycles. The van der Waals surface area contributed by atoms with E-state index in [1.54, 1.807) is 10.9 Å². The summed E-state index contributed by atoms with van der Waals surface area (Å²) in [5, 5.41) is 6.97. The minimum atomic E-state index is -0.394. The first-order valence-corrected chi connectivity index (χ1v) is 7.74. The molecule has 0 bridgehead atoms. The van der Waals surface area contributed by atoms with Crippen molar-refractivity contribution in [2.24, 2.45) is 0 Å². The molecule has 1 aromatic heterocycles. The Balaban J connectivity index is 1.76. The minimum Gasteiger partial charge on any atom is -0.322 e. The van der Waals surface area contributed by atoms with Crippen molar-refractivity contribution in [2.45, 2.75) is 6.54 Å². The fourth-order valence-corrected chi connectivity index (χ4v) is 2.73. The molecule has 23 heavy (non-hydrogen) atoms. The van der Waals surface area contributed by atoms with Gasteiger partial charge in [0, 0.05) is 22.6 Å². The lowest BCUT2D eigenvalue weighted by Crippen LogP contribution is -2.13. The second-order valence-corrected chi connectivity index (χ2v) is 5.84. The molecule has 3 aromatic rings. The van der Waals surface area contributed by atoms with Crippen LogP contribution >= 0.6 is 15.9 Å². The average Bonchev–Trinajstić information content (AvgIpc) is 3.00. The SMILES string of the molecule is O=C(Nc1cccc(Cn2cccn2)c1)c1ccc(F)cc1Br. The Morgan fingerprint density at radius 3 is 2.83 bits per heavy atom. The van der Waals surface area contributed by atoms with Gasteiger partial charge in [0.05, 0.1) is 12.1 Å². The molecule has 0 atom stereocenters. The standard InChI is InChI=1S/C17H13BrFN3O/c18-16-10-13(19)5-6-15(16)17(23)21-14-4-1-3-12(9-14)11-22-8-2-7-20-22/h1-10H,11H2,(H,21,23). The third kappa shape index (κ3) is 3.84. The van der Waals surface area contributed by atoms with Gasteiger partial charge in [-0.1, -0.05) is 12.1 Å². The van der Waals surface area contributed by atoms with Crippen LogP contribution in [-0.4, -0.2) is 15.7 Å². The molecule has 4 nitrogen and oxygen atoms in total. The first-order chi connectivity index (χ1) is 11.1. The predicted molar refractivity (Wildman–Crippen MR) is 89.8 cm³/mol. The molecular formula is C17H13BrFN3O. The number of benzene rings is 2. The fourth-order valence-electron chi connectivity index (χ4n) is 2.20. The first kappa shape index (κ1) is 15.4. The van der Waals surface area contributed by atoms with Crippen LogP contribution in [0.4, 0.5) is 10.1 Å². The van der Waals surface area contributed by atoms with Crippen molar-refractivity contribution in [2.75, 3.05) is 5.32 Å². The molecule has 6 heteroatoms. The molecule has 0 saturated carbocycles. The zero-order valence-electron chi connectivity index (χ0n) is 12.0. The van der Waals surface area contributed by atoms with Gasteiger partial charge in [-0.05, 0) is 57.9 Å². The number of carbonyl (C=O) groups is 1. The van der Waals surface area contributed by atoms with E-state index in [0.29, 0.717) is 22.3 Å². The smallest absolute Gasteiger partial charge is 0.256 e. The summed E-state index contributed by atoms with van der Waals surface area (Å²) in [6.45, 7) is 0.622. The van der Waals surface area contributed by atoms with E-state index in [0.717, 1.165) is 5.56 Å². The molecule has 2 aromatic carbocycles. The number of amides is 1. The Labute approximate surface area is 141 Å². The molecule has 1 amide bonds. The topological polar surface area (TPSA) is 46.9 Å². The highest BCUT2D eigenvalue weighted by atomic mass is 79.9. The van der Waals surface area contributed by atoms with E-state index < -0.39 is 5.82 Å². The van der Waals surface area contributed by atoms with Gasteiger partial charge in [-0.2, -0.15) is 5.10 Å². The van der Waals surface area contributed by atoms with Crippen molar-refractivity contribution in [3.63, 3.8) is 0 Å². The summed E-state index contributed by atoms with van der Waals surface area (Å²) < 4.78 is 15.3. The third-order valence-corrected chi connectivity index (χ3v) is 3.92. The van der Waals surface area contributed by atoms with Crippen molar-refractivity contribution in [3.05, 3.63) is 82.3 Å². The van der Waals surface area contributed by atoms with Crippen LogP contribution in [-0.2, 0) is 6.54 Å². The summed E-state index contributed by atoms with van der Waals surface area (Å²) in [6.07, 6.45) is 3.60. The van der Waals surface area contributed by atoms with Gasteiger partial charge in [-0.15, -0.1) is 0 Å². The zero-order chi connectivity index (χ0) is 16.2. The Morgan fingerprint density at radius 2 is 2.09 bits per heavy atom. The number of hydrogen-bond donors (Lipinski definition) is 1. The Hall–Kier alpha value is -2.47. The monoisotopic (exact) mass is 373 g/mol. The largest absolute Gasteiger partial charge is 0.322 e. The van der Waals surface area contributed by atoms with Crippen molar-refractivity contribution in [3.8, 4) is 0 Å². The lowest BCUT2D eigenvalue weighted by Gasteiger charge is -2.09. The molecule has 0 aliphatic heterocycles. The zero-order valence-corrected chi connectivity index (χ0v) is 13.6. The Bertz CT molecular complexity index is 834. The number of rotatable bonds is 4. The molecular weight excluding hydrogens is 361 g/mol. The van der Waals surface area contributed by atoms with E-state index >= 15 is 0 Å². The second kappa shape index (κ2) is 6.75. The maximum atomic E-state index is 13.1.